The summed E-state index contributed by atoms with van der Waals surface area (Å²) >= 11 is 1.86. The van der Waals surface area contributed by atoms with E-state index < -0.39 is 0 Å². The van der Waals surface area contributed by atoms with Crippen LogP contribution in [-0.2, 0) is 11.2 Å². The van der Waals surface area contributed by atoms with Crippen LogP contribution >= 0.6 is 11.8 Å². The first-order chi connectivity index (χ1) is 15.1. The van der Waals surface area contributed by atoms with Crippen molar-refractivity contribution in [2.45, 2.75) is 31.1 Å². The molecule has 0 atom stereocenters. The highest BCUT2D eigenvalue weighted by Gasteiger charge is 2.46. The molecule has 2 aliphatic rings. The molecule has 2 aliphatic heterocycles. The highest BCUT2D eigenvalue weighted by molar-refractivity contribution is 8.00. The van der Waals surface area contributed by atoms with Crippen LogP contribution in [0.2, 0.25) is 0 Å². The van der Waals surface area contributed by atoms with Gasteiger partial charge in [0.15, 0.2) is 0 Å². The second-order valence-electron chi connectivity index (χ2n) is 7.96. The number of nitrogens with zero attached hydrogens (tertiary/aromatic N) is 2. The number of hydrogen-bond donors (Lipinski definition) is 1. The van der Waals surface area contributed by atoms with E-state index in [9.17, 15) is 9.59 Å². The number of anilines is 1. The molecule has 3 amide bonds. The average Bonchev–Trinajstić information content (AvgIpc) is 3.22. The normalized spacial score (nSPS) is 18.0. The zero-order valence-corrected chi connectivity index (χ0v) is 18.7. The van der Waals surface area contributed by atoms with Gasteiger partial charge in [0, 0.05) is 37.2 Å². The molecule has 4 rings (SSSR count). The van der Waals surface area contributed by atoms with Crippen molar-refractivity contribution < 1.29 is 9.59 Å². The zero-order valence-electron chi connectivity index (χ0n) is 17.9. The van der Waals surface area contributed by atoms with E-state index in [4.69, 9.17) is 0 Å². The number of likely N-dealkylation sites (tertiary alicyclic amines) is 1. The third kappa shape index (κ3) is 4.79. The maximum Gasteiger partial charge on any atom is 0.321 e. The number of para-hydroxylation sites is 1. The fraction of sp³-hybridized carbons (Fsp3) is 0.360. The van der Waals surface area contributed by atoms with Crippen LogP contribution in [0.25, 0.3) is 6.08 Å². The van der Waals surface area contributed by atoms with Crippen LogP contribution in [0.1, 0.15) is 30.9 Å². The summed E-state index contributed by atoms with van der Waals surface area (Å²) in [5, 5.41) is 3.07. The van der Waals surface area contributed by atoms with E-state index in [2.05, 4.69) is 12.2 Å². The number of carbonyl (C=O) groups excluding carboxylic acids is 2. The summed E-state index contributed by atoms with van der Waals surface area (Å²) in [5.74, 6) is 1.00. The molecule has 0 saturated carbocycles. The molecule has 0 bridgehead atoms. The fourth-order valence-electron chi connectivity index (χ4n) is 4.36. The quantitative estimate of drug-likeness (QED) is 0.698. The minimum atomic E-state index is -0.198. The third-order valence-electron chi connectivity index (χ3n) is 6.13. The number of carbonyl (C=O) groups is 2. The van der Waals surface area contributed by atoms with Crippen LogP contribution in [0.4, 0.5) is 10.5 Å². The minimum absolute atomic E-state index is 0.0550. The fourth-order valence-corrected chi connectivity index (χ4v) is 5.82. The first-order valence-corrected chi connectivity index (χ1v) is 11.9. The van der Waals surface area contributed by atoms with Crippen molar-refractivity contribution in [3.63, 3.8) is 0 Å². The van der Waals surface area contributed by atoms with Crippen LogP contribution in [0.5, 0.6) is 0 Å². The molecule has 162 valence electrons. The first-order valence-electron chi connectivity index (χ1n) is 10.9. The Morgan fingerprint density at radius 3 is 2.48 bits per heavy atom. The monoisotopic (exact) mass is 435 g/mol. The lowest BCUT2D eigenvalue weighted by atomic mass is 10.0. The number of benzene rings is 2. The maximum atomic E-state index is 13.0. The molecule has 2 heterocycles. The molecule has 1 N–H and O–H groups in total. The van der Waals surface area contributed by atoms with Crippen molar-refractivity contribution in [2.75, 3.05) is 30.7 Å². The summed E-state index contributed by atoms with van der Waals surface area (Å²) < 4.78 is 0. The number of nitrogens with one attached hydrogen (secondary N) is 1. The van der Waals surface area contributed by atoms with Crippen LogP contribution in [-0.4, -0.2) is 52.0 Å². The molecule has 0 unspecified atom stereocenters. The molecule has 31 heavy (non-hydrogen) atoms. The molecule has 6 heteroatoms. The third-order valence-corrected chi connectivity index (χ3v) is 7.69. The lowest BCUT2D eigenvalue weighted by Crippen LogP contribution is -2.54. The molecule has 5 nitrogen and oxygen atoms in total. The van der Waals surface area contributed by atoms with Gasteiger partial charge in [-0.15, -0.1) is 11.8 Å². The Balaban J connectivity index is 1.37. The van der Waals surface area contributed by atoms with E-state index in [0.29, 0.717) is 13.1 Å². The van der Waals surface area contributed by atoms with E-state index in [1.165, 1.54) is 0 Å². The molecular weight excluding hydrogens is 406 g/mol. The van der Waals surface area contributed by atoms with Crippen LogP contribution in [0, 0.1) is 0 Å². The molecule has 1 spiro atoms. The van der Waals surface area contributed by atoms with Gasteiger partial charge in [-0.25, -0.2) is 4.79 Å². The van der Waals surface area contributed by atoms with Crippen molar-refractivity contribution >= 4 is 35.5 Å². The Morgan fingerprint density at radius 1 is 1.03 bits per heavy atom. The van der Waals surface area contributed by atoms with E-state index in [0.717, 1.165) is 48.4 Å². The number of hydrogen-bond acceptors (Lipinski definition) is 3. The summed E-state index contributed by atoms with van der Waals surface area (Å²) in [7, 11) is 0. The molecule has 0 aliphatic carbocycles. The summed E-state index contributed by atoms with van der Waals surface area (Å²) in [6, 6.07) is 17.8. The molecule has 2 aromatic carbocycles. The second-order valence-corrected chi connectivity index (χ2v) is 9.41. The van der Waals surface area contributed by atoms with Crippen molar-refractivity contribution in [1.82, 2.24) is 9.80 Å². The summed E-state index contributed by atoms with van der Waals surface area (Å²) in [4.78, 5) is 29.5. The second kappa shape index (κ2) is 9.60. The van der Waals surface area contributed by atoms with E-state index in [1.54, 1.807) is 6.08 Å². The van der Waals surface area contributed by atoms with Gasteiger partial charge in [0.05, 0.1) is 4.87 Å². The first kappa shape index (κ1) is 21.5. The van der Waals surface area contributed by atoms with E-state index >= 15 is 0 Å². The van der Waals surface area contributed by atoms with E-state index in [-0.39, 0.29) is 16.8 Å². The Hall–Kier alpha value is -2.73. The SMILES string of the molecule is CCc1ccccc1NC(=O)N1CCC2(CC1)SCCN2C(=O)C=Cc1ccccc1. The van der Waals surface area contributed by atoms with Gasteiger partial charge >= 0.3 is 6.03 Å². The largest absolute Gasteiger partial charge is 0.324 e. The number of aryl methyl sites for hydroxylation is 1. The zero-order chi connectivity index (χ0) is 21.7. The van der Waals surface area contributed by atoms with Crippen molar-refractivity contribution in [1.29, 1.82) is 0 Å². The number of thioether (sulfide) groups is 1. The molecule has 0 aromatic heterocycles. The van der Waals surface area contributed by atoms with Gasteiger partial charge < -0.3 is 15.1 Å². The molecule has 2 aromatic rings. The lowest BCUT2D eigenvalue weighted by molar-refractivity contribution is -0.129. The Kier molecular flexibility index (Phi) is 6.66. The maximum absolute atomic E-state index is 13.0. The van der Waals surface area contributed by atoms with Crippen LogP contribution < -0.4 is 5.32 Å². The van der Waals surface area contributed by atoms with Gasteiger partial charge in [0.2, 0.25) is 5.91 Å². The van der Waals surface area contributed by atoms with Crippen LogP contribution in [0.15, 0.2) is 60.7 Å². The van der Waals surface area contributed by atoms with Gasteiger partial charge in [-0.2, -0.15) is 0 Å². The Morgan fingerprint density at radius 2 is 1.74 bits per heavy atom. The summed E-state index contributed by atoms with van der Waals surface area (Å²) in [5.41, 5.74) is 3.04. The highest BCUT2D eigenvalue weighted by Crippen LogP contribution is 2.44. The number of piperidine rings is 1. The molecule has 0 radical (unpaired) electrons. The minimum Gasteiger partial charge on any atom is -0.324 e. The number of amides is 3. The van der Waals surface area contributed by atoms with Gasteiger partial charge in [0.1, 0.15) is 0 Å². The van der Waals surface area contributed by atoms with Crippen LogP contribution in [0.3, 0.4) is 0 Å². The van der Waals surface area contributed by atoms with Gasteiger partial charge in [0.25, 0.3) is 0 Å². The summed E-state index contributed by atoms with van der Waals surface area (Å²) in [6.07, 6.45) is 6.04. The summed E-state index contributed by atoms with van der Waals surface area (Å²) in [6.45, 7) is 4.15. The molecule has 2 fully saturated rings. The van der Waals surface area contributed by atoms with Crippen molar-refractivity contribution in [3.05, 3.63) is 71.8 Å². The van der Waals surface area contributed by atoms with Crippen molar-refractivity contribution in [3.8, 4) is 0 Å². The predicted molar refractivity (Wildman–Crippen MR) is 128 cm³/mol. The Labute approximate surface area is 188 Å². The Bertz CT molecular complexity index is 952. The average molecular weight is 436 g/mol. The highest BCUT2D eigenvalue weighted by atomic mass is 32.2. The van der Waals surface area contributed by atoms with Gasteiger partial charge in [-0.1, -0.05) is 55.5 Å². The van der Waals surface area contributed by atoms with Gasteiger partial charge in [-0.05, 0) is 42.5 Å². The lowest BCUT2D eigenvalue weighted by Gasteiger charge is -2.43. The smallest absolute Gasteiger partial charge is 0.321 e. The van der Waals surface area contributed by atoms with E-state index in [1.807, 2.05) is 82.2 Å². The number of urea groups is 1. The van der Waals surface area contributed by atoms with Gasteiger partial charge in [-0.3, -0.25) is 4.79 Å². The molecular formula is C25H29N3O2S. The van der Waals surface area contributed by atoms with Crippen molar-refractivity contribution in [2.24, 2.45) is 0 Å². The topological polar surface area (TPSA) is 52.7 Å². The number of rotatable bonds is 4. The predicted octanol–water partition coefficient (Wildman–Crippen LogP) is 4.86. The molecule has 2 saturated heterocycles. The standard InChI is InChI=1S/C25H29N3O2S/c1-2-21-10-6-7-11-22(21)26-24(30)27-16-14-25(15-17-27)28(18-19-31-25)23(29)13-12-20-8-4-3-5-9-20/h3-13H,2,14-19H2,1H3,(H,26,30).